The summed E-state index contributed by atoms with van der Waals surface area (Å²) < 4.78 is 1.10. The fraction of sp³-hybridized carbons (Fsp3) is 0.375. The van der Waals surface area contributed by atoms with Gasteiger partial charge in [0.2, 0.25) is 0 Å². The number of piperazine rings is 1. The van der Waals surface area contributed by atoms with Crippen LogP contribution in [0.15, 0.2) is 34.0 Å². The molecule has 2 heterocycles. The molecule has 0 atom stereocenters. The van der Waals surface area contributed by atoms with Gasteiger partial charge in [0.25, 0.3) is 5.91 Å². The highest BCUT2D eigenvalue weighted by Gasteiger charge is 2.17. The highest BCUT2D eigenvalue weighted by molar-refractivity contribution is 8.00. The Morgan fingerprint density at radius 2 is 2.00 bits per heavy atom. The third-order valence-corrected chi connectivity index (χ3v) is 5.78. The lowest BCUT2D eigenvalue weighted by molar-refractivity contribution is 0.0736. The molecule has 1 aliphatic heterocycles. The number of aryl methyl sites for hydroxylation is 1. The van der Waals surface area contributed by atoms with Gasteiger partial charge in [-0.05, 0) is 24.6 Å². The first-order chi connectivity index (χ1) is 10.7. The molecule has 1 fully saturated rings. The molecule has 23 heavy (non-hydrogen) atoms. The summed E-state index contributed by atoms with van der Waals surface area (Å²) in [7, 11) is 0. The van der Waals surface area contributed by atoms with Gasteiger partial charge < -0.3 is 10.2 Å². The van der Waals surface area contributed by atoms with Crippen molar-refractivity contribution < 1.29 is 4.79 Å². The zero-order valence-corrected chi connectivity index (χ0v) is 15.4. The molecule has 0 bridgehead atoms. The van der Waals surface area contributed by atoms with Gasteiger partial charge >= 0.3 is 0 Å². The molecule has 0 unspecified atom stereocenters. The SMILES string of the molecule is Cc1csc(SCc2ccc(C(=O)N3CCNCC3)cc2)n1.Cl. The van der Waals surface area contributed by atoms with Crippen LogP contribution in [0.3, 0.4) is 0 Å². The summed E-state index contributed by atoms with van der Waals surface area (Å²) in [6, 6.07) is 7.96. The number of thioether (sulfide) groups is 1. The predicted molar refractivity (Wildman–Crippen MR) is 98.9 cm³/mol. The number of hydrogen-bond donors (Lipinski definition) is 1. The molecular formula is C16H20ClN3OS2. The molecule has 1 amide bonds. The van der Waals surface area contributed by atoms with E-state index in [-0.39, 0.29) is 18.3 Å². The van der Waals surface area contributed by atoms with E-state index >= 15 is 0 Å². The Hall–Kier alpha value is -1.08. The molecule has 1 aliphatic rings. The van der Waals surface area contributed by atoms with Crippen LogP contribution < -0.4 is 5.32 Å². The number of amides is 1. The normalized spacial score (nSPS) is 14.4. The third-order valence-electron chi connectivity index (χ3n) is 3.57. The molecule has 1 saturated heterocycles. The molecule has 1 aromatic carbocycles. The first-order valence-electron chi connectivity index (χ1n) is 7.36. The number of rotatable bonds is 4. The Bertz CT molecular complexity index is 639. The summed E-state index contributed by atoms with van der Waals surface area (Å²) in [6.45, 7) is 5.36. The van der Waals surface area contributed by atoms with E-state index in [0.29, 0.717) is 0 Å². The summed E-state index contributed by atoms with van der Waals surface area (Å²) in [5, 5.41) is 5.33. The topological polar surface area (TPSA) is 45.2 Å². The Labute approximate surface area is 151 Å². The Morgan fingerprint density at radius 1 is 1.30 bits per heavy atom. The van der Waals surface area contributed by atoms with Gasteiger partial charge in [0.1, 0.15) is 4.34 Å². The quantitative estimate of drug-likeness (QED) is 0.840. The summed E-state index contributed by atoms with van der Waals surface area (Å²) in [5.41, 5.74) is 3.07. The zero-order valence-electron chi connectivity index (χ0n) is 12.9. The molecule has 124 valence electrons. The monoisotopic (exact) mass is 369 g/mol. The van der Waals surface area contributed by atoms with Gasteiger partial charge in [0, 0.05) is 48.6 Å². The lowest BCUT2D eigenvalue weighted by Gasteiger charge is -2.27. The average molecular weight is 370 g/mol. The number of hydrogen-bond acceptors (Lipinski definition) is 5. The van der Waals surface area contributed by atoms with Gasteiger partial charge in [-0.15, -0.1) is 23.7 Å². The van der Waals surface area contributed by atoms with Crippen molar-refractivity contribution in [1.82, 2.24) is 15.2 Å². The summed E-state index contributed by atoms with van der Waals surface area (Å²) >= 11 is 3.42. The average Bonchev–Trinajstić information content (AvgIpc) is 2.99. The van der Waals surface area contributed by atoms with E-state index in [4.69, 9.17) is 0 Å². The van der Waals surface area contributed by atoms with E-state index in [0.717, 1.165) is 47.5 Å². The van der Waals surface area contributed by atoms with E-state index < -0.39 is 0 Å². The van der Waals surface area contributed by atoms with Crippen LogP contribution in [0.2, 0.25) is 0 Å². The smallest absolute Gasteiger partial charge is 0.253 e. The minimum atomic E-state index is 0. The second kappa shape index (κ2) is 8.68. The molecule has 2 aromatic rings. The van der Waals surface area contributed by atoms with Crippen LogP contribution in [0, 0.1) is 6.92 Å². The van der Waals surface area contributed by atoms with Crippen molar-refractivity contribution in [2.45, 2.75) is 17.0 Å². The van der Waals surface area contributed by atoms with Crippen LogP contribution in [0.4, 0.5) is 0 Å². The number of thiazole rings is 1. The van der Waals surface area contributed by atoms with E-state index in [1.54, 1.807) is 23.1 Å². The van der Waals surface area contributed by atoms with Crippen molar-refractivity contribution >= 4 is 41.4 Å². The fourth-order valence-corrected chi connectivity index (χ4v) is 4.14. The largest absolute Gasteiger partial charge is 0.336 e. The molecule has 0 spiro atoms. The standard InChI is InChI=1S/C16H19N3OS2.ClH/c1-12-10-21-16(18-12)22-11-13-2-4-14(5-3-13)15(20)19-8-6-17-7-9-19;/h2-5,10,17H,6-9,11H2,1H3;1H. The molecule has 1 N–H and O–H groups in total. The number of halogens is 1. The molecule has 0 radical (unpaired) electrons. The Balaban J connectivity index is 0.00000192. The van der Waals surface area contributed by atoms with Crippen molar-refractivity contribution in [3.63, 3.8) is 0 Å². The number of nitrogens with zero attached hydrogens (tertiary/aromatic N) is 2. The maximum atomic E-state index is 12.4. The molecule has 1 aromatic heterocycles. The number of carbonyl (C=O) groups excluding carboxylic acids is 1. The van der Waals surface area contributed by atoms with Gasteiger partial charge in [0.15, 0.2) is 0 Å². The number of benzene rings is 1. The van der Waals surface area contributed by atoms with E-state index in [1.165, 1.54) is 5.56 Å². The van der Waals surface area contributed by atoms with Crippen LogP contribution in [0.5, 0.6) is 0 Å². The van der Waals surface area contributed by atoms with Gasteiger partial charge in [-0.1, -0.05) is 23.9 Å². The van der Waals surface area contributed by atoms with Crippen LogP contribution >= 0.6 is 35.5 Å². The highest BCUT2D eigenvalue weighted by Crippen LogP contribution is 2.26. The first kappa shape index (κ1) is 18.3. The van der Waals surface area contributed by atoms with Crippen LogP contribution in [-0.4, -0.2) is 42.0 Å². The number of aromatic nitrogens is 1. The maximum Gasteiger partial charge on any atom is 0.253 e. The Kier molecular flexibility index (Phi) is 6.89. The van der Waals surface area contributed by atoms with Crippen molar-refractivity contribution in [3.8, 4) is 0 Å². The van der Waals surface area contributed by atoms with Crippen LogP contribution in [0.25, 0.3) is 0 Å². The second-order valence-corrected chi connectivity index (χ2v) is 7.36. The molecule has 3 rings (SSSR count). The van der Waals surface area contributed by atoms with Gasteiger partial charge in [0.05, 0.1) is 0 Å². The highest BCUT2D eigenvalue weighted by atomic mass is 35.5. The molecule has 7 heteroatoms. The first-order valence-corrected chi connectivity index (χ1v) is 9.23. The number of nitrogens with one attached hydrogen (secondary N) is 1. The van der Waals surface area contributed by atoms with E-state index in [1.807, 2.05) is 36.1 Å². The van der Waals surface area contributed by atoms with Gasteiger partial charge in [-0.25, -0.2) is 4.98 Å². The third kappa shape index (κ3) is 4.94. The summed E-state index contributed by atoms with van der Waals surface area (Å²) in [4.78, 5) is 18.7. The molecule has 4 nitrogen and oxygen atoms in total. The maximum absolute atomic E-state index is 12.4. The van der Waals surface area contributed by atoms with Crippen molar-refractivity contribution in [2.75, 3.05) is 26.2 Å². The van der Waals surface area contributed by atoms with Crippen molar-refractivity contribution in [1.29, 1.82) is 0 Å². The van der Waals surface area contributed by atoms with Crippen LogP contribution in [-0.2, 0) is 5.75 Å². The minimum absolute atomic E-state index is 0. The Morgan fingerprint density at radius 3 is 2.61 bits per heavy atom. The summed E-state index contributed by atoms with van der Waals surface area (Å²) in [5.74, 6) is 1.02. The van der Waals surface area contributed by atoms with Crippen LogP contribution in [0.1, 0.15) is 21.6 Å². The lowest BCUT2D eigenvalue weighted by Crippen LogP contribution is -2.46. The second-order valence-electron chi connectivity index (χ2n) is 5.28. The summed E-state index contributed by atoms with van der Waals surface area (Å²) in [6.07, 6.45) is 0. The molecule has 0 saturated carbocycles. The predicted octanol–water partition coefficient (Wildman–Crippen LogP) is 3.21. The van der Waals surface area contributed by atoms with Gasteiger partial charge in [-0.2, -0.15) is 0 Å². The van der Waals surface area contributed by atoms with Gasteiger partial charge in [-0.3, -0.25) is 4.79 Å². The van der Waals surface area contributed by atoms with E-state index in [2.05, 4.69) is 15.7 Å². The molecule has 0 aliphatic carbocycles. The van der Waals surface area contributed by atoms with Crippen molar-refractivity contribution in [3.05, 3.63) is 46.5 Å². The fourth-order valence-electron chi connectivity index (χ4n) is 2.34. The number of carbonyl (C=O) groups is 1. The minimum Gasteiger partial charge on any atom is -0.336 e. The molecular weight excluding hydrogens is 350 g/mol. The van der Waals surface area contributed by atoms with E-state index in [9.17, 15) is 4.79 Å². The zero-order chi connectivity index (χ0) is 15.4. The lowest BCUT2D eigenvalue weighted by atomic mass is 10.1. The van der Waals surface area contributed by atoms with Crippen molar-refractivity contribution in [2.24, 2.45) is 0 Å².